The van der Waals surface area contributed by atoms with Gasteiger partial charge < -0.3 is 15.0 Å². The summed E-state index contributed by atoms with van der Waals surface area (Å²) in [4.78, 5) is 9.71. The molecular formula is C24H28N4OS. The number of rotatable bonds is 5. The number of nitrogens with zero attached hydrogens (tertiary/aromatic N) is 3. The second-order valence-corrected chi connectivity index (χ2v) is 8.02. The van der Waals surface area contributed by atoms with Crippen molar-refractivity contribution in [2.24, 2.45) is 0 Å². The van der Waals surface area contributed by atoms with Crippen LogP contribution in [0.2, 0.25) is 0 Å². The van der Waals surface area contributed by atoms with E-state index in [1.165, 1.54) is 16.6 Å². The number of ether oxygens (including phenoxy) is 1. The molecule has 2 heterocycles. The van der Waals surface area contributed by atoms with Crippen molar-refractivity contribution in [2.45, 2.75) is 13.3 Å². The number of para-hydroxylation sites is 1. The van der Waals surface area contributed by atoms with E-state index in [1.54, 1.807) is 7.11 Å². The van der Waals surface area contributed by atoms with E-state index in [0.717, 1.165) is 56.0 Å². The first-order chi connectivity index (χ1) is 14.6. The van der Waals surface area contributed by atoms with E-state index in [0.29, 0.717) is 5.17 Å². The molecule has 1 N–H and O–H groups in total. The third-order valence-electron chi connectivity index (χ3n) is 5.70. The lowest BCUT2D eigenvalue weighted by Gasteiger charge is -2.36. The fraction of sp³-hybridized carbons (Fsp3) is 0.333. The molecule has 0 atom stereocenters. The van der Waals surface area contributed by atoms with E-state index in [2.05, 4.69) is 68.6 Å². The third-order valence-corrected chi connectivity index (χ3v) is 5.97. The number of aryl methyl sites for hydroxylation is 1. The van der Waals surface area contributed by atoms with Crippen LogP contribution >= 0.6 is 12.2 Å². The van der Waals surface area contributed by atoms with Gasteiger partial charge in [0.2, 0.25) is 0 Å². The lowest BCUT2D eigenvalue weighted by atomic mass is 10.1. The van der Waals surface area contributed by atoms with Crippen molar-refractivity contribution >= 4 is 39.7 Å². The SMILES string of the molecule is COC(=S)Nc1ccccc1CCN1CCN(c2cccc3nc(C)ccc23)CC1. The molecule has 156 valence electrons. The first-order valence-corrected chi connectivity index (χ1v) is 10.8. The Labute approximate surface area is 183 Å². The van der Waals surface area contributed by atoms with Crippen molar-refractivity contribution in [1.29, 1.82) is 0 Å². The van der Waals surface area contributed by atoms with Crippen molar-refractivity contribution < 1.29 is 4.74 Å². The fourth-order valence-electron chi connectivity index (χ4n) is 4.03. The van der Waals surface area contributed by atoms with Crippen molar-refractivity contribution in [3.05, 3.63) is 65.9 Å². The first-order valence-electron chi connectivity index (χ1n) is 10.4. The molecule has 0 bridgehead atoms. The number of fused-ring (bicyclic) bond motifs is 1. The summed E-state index contributed by atoms with van der Waals surface area (Å²) in [6.45, 7) is 7.24. The van der Waals surface area contributed by atoms with Crippen LogP contribution < -0.4 is 10.2 Å². The summed E-state index contributed by atoms with van der Waals surface area (Å²) >= 11 is 5.15. The number of pyridine rings is 1. The molecule has 5 nitrogen and oxygen atoms in total. The number of nitrogens with one attached hydrogen (secondary N) is 1. The van der Waals surface area contributed by atoms with Gasteiger partial charge in [-0.3, -0.25) is 9.88 Å². The second-order valence-electron chi connectivity index (χ2n) is 7.65. The minimum absolute atomic E-state index is 0.399. The predicted molar refractivity (Wildman–Crippen MR) is 129 cm³/mol. The minimum Gasteiger partial charge on any atom is -0.474 e. The molecule has 0 amide bonds. The molecule has 2 aromatic carbocycles. The van der Waals surface area contributed by atoms with Gasteiger partial charge >= 0.3 is 0 Å². The Morgan fingerprint density at radius 1 is 1.03 bits per heavy atom. The van der Waals surface area contributed by atoms with E-state index in [9.17, 15) is 0 Å². The largest absolute Gasteiger partial charge is 0.474 e. The molecule has 1 aliphatic rings. The van der Waals surface area contributed by atoms with E-state index in [-0.39, 0.29) is 0 Å². The Kier molecular flexibility index (Phi) is 6.45. The number of methoxy groups -OCH3 is 1. The van der Waals surface area contributed by atoms with Crippen LogP contribution in [-0.4, -0.2) is 54.9 Å². The standard InChI is InChI=1S/C24H28N4OS/c1-18-10-11-20-22(25-18)8-5-9-23(20)28-16-14-27(15-17-28)13-12-19-6-3-4-7-21(19)26-24(30)29-2/h3-11H,12-17H2,1-2H3,(H,26,30). The third kappa shape index (κ3) is 4.71. The van der Waals surface area contributed by atoms with Crippen LogP contribution in [0.4, 0.5) is 11.4 Å². The lowest BCUT2D eigenvalue weighted by Crippen LogP contribution is -2.47. The van der Waals surface area contributed by atoms with Crippen molar-refractivity contribution in [1.82, 2.24) is 9.88 Å². The van der Waals surface area contributed by atoms with E-state index in [1.807, 2.05) is 13.0 Å². The predicted octanol–water partition coefficient (Wildman–Crippen LogP) is 4.25. The first kappa shape index (κ1) is 20.6. The Hall–Kier alpha value is -2.70. The van der Waals surface area contributed by atoms with E-state index >= 15 is 0 Å². The smallest absolute Gasteiger partial charge is 0.260 e. The van der Waals surface area contributed by atoms with Crippen LogP contribution in [0.3, 0.4) is 0 Å². The van der Waals surface area contributed by atoms with Crippen LogP contribution in [0.25, 0.3) is 10.9 Å². The topological polar surface area (TPSA) is 40.6 Å². The molecule has 30 heavy (non-hydrogen) atoms. The molecule has 1 aliphatic heterocycles. The fourth-order valence-corrected chi connectivity index (χ4v) is 4.14. The zero-order chi connectivity index (χ0) is 20.9. The van der Waals surface area contributed by atoms with Crippen LogP contribution in [-0.2, 0) is 11.2 Å². The number of benzene rings is 2. The molecule has 1 aromatic heterocycles. The average molecular weight is 421 g/mol. The molecule has 1 saturated heterocycles. The summed E-state index contributed by atoms with van der Waals surface area (Å²) in [6.07, 6.45) is 0.979. The molecule has 6 heteroatoms. The normalized spacial score (nSPS) is 14.7. The number of hydrogen-bond donors (Lipinski definition) is 1. The maximum Gasteiger partial charge on any atom is 0.260 e. The highest BCUT2D eigenvalue weighted by Gasteiger charge is 2.19. The molecule has 0 aliphatic carbocycles. The molecule has 0 unspecified atom stereocenters. The van der Waals surface area contributed by atoms with Gasteiger partial charge in [-0.25, -0.2) is 0 Å². The Morgan fingerprint density at radius 2 is 1.83 bits per heavy atom. The average Bonchev–Trinajstić information content (AvgIpc) is 2.78. The molecule has 0 radical (unpaired) electrons. The van der Waals surface area contributed by atoms with Crippen LogP contribution in [0.1, 0.15) is 11.3 Å². The zero-order valence-corrected chi connectivity index (χ0v) is 18.4. The minimum atomic E-state index is 0.399. The maximum absolute atomic E-state index is 5.15. The molecule has 1 fully saturated rings. The summed E-state index contributed by atoms with van der Waals surface area (Å²) in [5.74, 6) is 0. The van der Waals surface area contributed by atoms with Crippen molar-refractivity contribution in [3.63, 3.8) is 0 Å². The van der Waals surface area contributed by atoms with Crippen LogP contribution in [0, 0.1) is 6.92 Å². The number of anilines is 2. The van der Waals surface area contributed by atoms with E-state index < -0.39 is 0 Å². The Balaban J connectivity index is 1.37. The number of aromatic nitrogens is 1. The Morgan fingerprint density at radius 3 is 2.63 bits per heavy atom. The highest BCUT2D eigenvalue weighted by Crippen LogP contribution is 2.27. The highest BCUT2D eigenvalue weighted by molar-refractivity contribution is 7.80. The van der Waals surface area contributed by atoms with Gasteiger partial charge in [0.25, 0.3) is 5.17 Å². The number of thiocarbonyl (C=S) groups is 1. The maximum atomic E-state index is 5.15. The van der Waals surface area contributed by atoms with Gasteiger partial charge in [0.1, 0.15) is 0 Å². The zero-order valence-electron chi connectivity index (χ0n) is 17.6. The van der Waals surface area contributed by atoms with Crippen LogP contribution in [0.5, 0.6) is 0 Å². The monoisotopic (exact) mass is 420 g/mol. The molecule has 4 rings (SSSR count). The summed E-state index contributed by atoms with van der Waals surface area (Å²) in [7, 11) is 1.59. The summed E-state index contributed by atoms with van der Waals surface area (Å²) in [5, 5.41) is 4.81. The van der Waals surface area contributed by atoms with Gasteiger partial charge in [-0.15, -0.1) is 0 Å². The highest BCUT2D eigenvalue weighted by atomic mass is 32.1. The van der Waals surface area contributed by atoms with Gasteiger partial charge in [-0.2, -0.15) is 0 Å². The van der Waals surface area contributed by atoms with Gasteiger partial charge in [0.15, 0.2) is 0 Å². The molecule has 3 aromatic rings. The number of hydrogen-bond acceptors (Lipinski definition) is 5. The number of piperazine rings is 1. The molecule has 0 saturated carbocycles. The van der Waals surface area contributed by atoms with Gasteiger partial charge in [0.05, 0.1) is 12.6 Å². The molecular weight excluding hydrogens is 392 g/mol. The van der Waals surface area contributed by atoms with Gasteiger partial charge in [-0.05, 0) is 61.5 Å². The summed E-state index contributed by atoms with van der Waals surface area (Å²) < 4.78 is 5.09. The van der Waals surface area contributed by atoms with Crippen molar-refractivity contribution in [2.75, 3.05) is 50.1 Å². The van der Waals surface area contributed by atoms with Gasteiger partial charge in [-0.1, -0.05) is 24.3 Å². The lowest BCUT2D eigenvalue weighted by molar-refractivity contribution is 0.261. The second kappa shape index (κ2) is 9.41. The van der Waals surface area contributed by atoms with E-state index in [4.69, 9.17) is 17.0 Å². The van der Waals surface area contributed by atoms with Crippen molar-refractivity contribution in [3.8, 4) is 0 Å². The quantitative estimate of drug-likeness (QED) is 0.623. The molecule has 0 spiro atoms. The summed E-state index contributed by atoms with van der Waals surface area (Å²) in [5.41, 5.74) is 5.72. The van der Waals surface area contributed by atoms with Crippen LogP contribution in [0.15, 0.2) is 54.6 Å². The van der Waals surface area contributed by atoms with Gasteiger partial charge in [0, 0.05) is 55.2 Å². The Bertz CT molecular complexity index is 1030. The summed E-state index contributed by atoms with van der Waals surface area (Å²) in [6, 6.07) is 19.0.